The van der Waals surface area contributed by atoms with Gasteiger partial charge in [-0.3, -0.25) is 19.4 Å². The first-order chi connectivity index (χ1) is 13.3. The molecule has 0 aromatic heterocycles. The molecule has 1 N–H and O–H groups in total. The SMILES string of the molecule is CON(C)C(=O)[C@@H]1CC[C@H]1C1=NC2C(C=NN2C2CCC(F)(F)CC2)C(=O)N1. The predicted molar refractivity (Wildman–Crippen MR) is 96.4 cm³/mol. The van der Waals surface area contributed by atoms with Gasteiger partial charge in [-0.1, -0.05) is 0 Å². The Bertz CT molecular complexity index is 718. The number of hydrazone groups is 1. The molecule has 2 saturated carbocycles. The molecule has 0 bridgehead atoms. The van der Waals surface area contributed by atoms with Crippen molar-refractivity contribution in [1.29, 1.82) is 0 Å². The average molecular weight is 397 g/mol. The zero-order valence-electron chi connectivity index (χ0n) is 16.0. The molecule has 2 fully saturated rings. The van der Waals surface area contributed by atoms with Crippen LogP contribution >= 0.6 is 0 Å². The van der Waals surface area contributed by atoms with Crippen LogP contribution in [-0.4, -0.2) is 66.2 Å². The number of hydrogen-bond donors (Lipinski definition) is 1. The van der Waals surface area contributed by atoms with Gasteiger partial charge in [-0.25, -0.2) is 18.8 Å². The van der Waals surface area contributed by atoms with Crippen LogP contribution in [-0.2, 0) is 14.4 Å². The Hall–Kier alpha value is -2.10. The number of carbonyl (C=O) groups excluding carboxylic acids is 2. The number of aliphatic imine (C=N–C) groups is 1. The minimum atomic E-state index is -2.62. The van der Waals surface area contributed by atoms with Crippen molar-refractivity contribution in [2.24, 2.45) is 27.8 Å². The number of amides is 2. The van der Waals surface area contributed by atoms with Crippen LogP contribution in [0.25, 0.3) is 0 Å². The first-order valence-electron chi connectivity index (χ1n) is 9.71. The standard InChI is InChI=1S/C18H25F2N5O3/c1-24(28-2)17(27)12-4-3-11(12)14-22-15-13(16(26)23-14)9-21-25(15)10-5-7-18(19,20)8-6-10/h9-13,15H,3-8H2,1-2H3,(H,22,23,26)/t11-,12-,13?,15?/m1/s1. The molecule has 28 heavy (non-hydrogen) atoms. The Labute approximate surface area is 161 Å². The number of hydrogen-bond acceptors (Lipinski definition) is 6. The molecule has 2 aliphatic carbocycles. The summed E-state index contributed by atoms with van der Waals surface area (Å²) >= 11 is 0. The topological polar surface area (TPSA) is 86.6 Å². The van der Waals surface area contributed by atoms with Gasteiger partial charge in [0.1, 0.15) is 11.8 Å². The van der Waals surface area contributed by atoms with Crippen molar-refractivity contribution < 1.29 is 23.2 Å². The van der Waals surface area contributed by atoms with E-state index in [1.54, 1.807) is 18.3 Å². The average Bonchev–Trinajstić information content (AvgIpc) is 3.04. The van der Waals surface area contributed by atoms with E-state index in [2.05, 4.69) is 10.4 Å². The van der Waals surface area contributed by atoms with E-state index in [4.69, 9.17) is 9.83 Å². The second-order valence-corrected chi connectivity index (χ2v) is 7.98. The number of alkyl halides is 2. The fraction of sp³-hybridized carbons (Fsp3) is 0.778. The molecule has 0 aromatic rings. The molecular formula is C18H25F2N5O3. The molecule has 4 aliphatic rings. The quantitative estimate of drug-likeness (QED) is 0.727. The van der Waals surface area contributed by atoms with Crippen molar-refractivity contribution in [2.75, 3.05) is 14.2 Å². The predicted octanol–water partition coefficient (Wildman–Crippen LogP) is 1.38. The van der Waals surface area contributed by atoms with Crippen molar-refractivity contribution in [3.63, 3.8) is 0 Å². The summed E-state index contributed by atoms with van der Waals surface area (Å²) in [5, 5.41) is 10.1. The summed E-state index contributed by atoms with van der Waals surface area (Å²) in [6.07, 6.45) is 2.79. The number of hydroxylamine groups is 2. The molecule has 4 rings (SSSR count). The Morgan fingerprint density at radius 3 is 2.64 bits per heavy atom. The van der Waals surface area contributed by atoms with E-state index in [0.29, 0.717) is 25.1 Å². The molecular weight excluding hydrogens is 372 g/mol. The van der Waals surface area contributed by atoms with Gasteiger partial charge in [0.25, 0.3) is 0 Å². The maximum Gasteiger partial charge on any atom is 0.249 e. The highest BCUT2D eigenvalue weighted by Crippen LogP contribution is 2.40. The zero-order chi connectivity index (χ0) is 20.1. The maximum absolute atomic E-state index is 13.5. The summed E-state index contributed by atoms with van der Waals surface area (Å²) in [6.45, 7) is 0. The molecule has 2 unspecified atom stereocenters. The van der Waals surface area contributed by atoms with E-state index >= 15 is 0 Å². The van der Waals surface area contributed by atoms with E-state index in [0.717, 1.165) is 6.42 Å². The lowest BCUT2D eigenvalue weighted by atomic mass is 9.71. The van der Waals surface area contributed by atoms with Crippen molar-refractivity contribution in [2.45, 2.75) is 56.7 Å². The highest BCUT2D eigenvalue weighted by molar-refractivity contribution is 6.09. The highest BCUT2D eigenvalue weighted by atomic mass is 19.3. The van der Waals surface area contributed by atoms with Gasteiger partial charge >= 0.3 is 0 Å². The van der Waals surface area contributed by atoms with Crippen LogP contribution in [0.1, 0.15) is 38.5 Å². The number of fused-ring (bicyclic) bond motifs is 1. The third kappa shape index (κ3) is 3.27. The Morgan fingerprint density at radius 1 is 1.32 bits per heavy atom. The van der Waals surface area contributed by atoms with Crippen molar-refractivity contribution >= 4 is 23.9 Å². The minimum absolute atomic E-state index is 0.146. The molecule has 2 aliphatic heterocycles. The first-order valence-corrected chi connectivity index (χ1v) is 9.71. The van der Waals surface area contributed by atoms with Gasteiger partial charge in [0.2, 0.25) is 17.7 Å². The lowest BCUT2D eigenvalue weighted by molar-refractivity contribution is -0.177. The van der Waals surface area contributed by atoms with Crippen molar-refractivity contribution in [1.82, 2.24) is 15.4 Å². The van der Waals surface area contributed by atoms with E-state index in [9.17, 15) is 18.4 Å². The monoisotopic (exact) mass is 397 g/mol. The fourth-order valence-electron chi connectivity index (χ4n) is 4.42. The van der Waals surface area contributed by atoms with E-state index in [-0.39, 0.29) is 42.5 Å². The highest BCUT2D eigenvalue weighted by Gasteiger charge is 2.49. The minimum Gasteiger partial charge on any atom is -0.313 e. The molecule has 0 saturated heterocycles. The molecule has 8 nitrogen and oxygen atoms in total. The third-order valence-electron chi connectivity index (χ3n) is 6.37. The normalized spacial score (nSPS) is 34.4. The van der Waals surface area contributed by atoms with Crippen LogP contribution in [0, 0.1) is 17.8 Å². The molecule has 0 radical (unpaired) electrons. The largest absolute Gasteiger partial charge is 0.313 e. The van der Waals surface area contributed by atoms with Crippen LogP contribution in [0.4, 0.5) is 8.78 Å². The van der Waals surface area contributed by atoms with Crippen molar-refractivity contribution in [3.8, 4) is 0 Å². The van der Waals surface area contributed by atoms with Crippen LogP contribution in [0.3, 0.4) is 0 Å². The van der Waals surface area contributed by atoms with Crippen LogP contribution < -0.4 is 5.32 Å². The number of halogens is 2. The second kappa shape index (κ2) is 7.06. The smallest absolute Gasteiger partial charge is 0.249 e. The van der Waals surface area contributed by atoms with Crippen LogP contribution in [0.2, 0.25) is 0 Å². The molecule has 2 amide bonds. The van der Waals surface area contributed by atoms with Crippen LogP contribution in [0.15, 0.2) is 10.1 Å². The Morgan fingerprint density at radius 2 is 2.04 bits per heavy atom. The van der Waals surface area contributed by atoms with Gasteiger partial charge in [-0.15, -0.1) is 0 Å². The summed E-state index contributed by atoms with van der Waals surface area (Å²) in [5.41, 5.74) is 0. The van der Waals surface area contributed by atoms with Gasteiger partial charge in [-0.05, 0) is 25.7 Å². The second-order valence-electron chi connectivity index (χ2n) is 7.98. The first kappa shape index (κ1) is 19.2. The molecule has 2 heterocycles. The van der Waals surface area contributed by atoms with Gasteiger partial charge in [0, 0.05) is 38.1 Å². The summed E-state index contributed by atoms with van der Waals surface area (Å²) in [7, 11) is 2.98. The van der Waals surface area contributed by atoms with Crippen molar-refractivity contribution in [3.05, 3.63) is 0 Å². The maximum atomic E-state index is 13.5. The third-order valence-corrected chi connectivity index (χ3v) is 6.37. The summed E-state index contributed by atoms with van der Waals surface area (Å²) in [5.74, 6) is -3.46. The number of nitrogens with one attached hydrogen (secondary N) is 1. The van der Waals surface area contributed by atoms with Gasteiger partial charge in [0.05, 0.1) is 13.0 Å². The molecule has 4 atom stereocenters. The lowest BCUT2D eigenvalue weighted by Gasteiger charge is -2.41. The molecule has 154 valence electrons. The number of carbonyl (C=O) groups is 2. The molecule has 10 heteroatoms. The zero-order valence-corrected chi connectivity index (χ0v) is 16.0. The molecule has 0 aromatic carbocycles. The summed E-state index contributed by atoms with van der Waals surface area (Å²) in [6, 6.07) is -0.153. The lowest BCUT2D eigenvalue weighted by Crippen LogP contribution is -2.56. The van der Waals surface area contributed by atoms with Gasteiger partial charge in [0.15, 0.2) is 6.17 Å². The molecule has 0 spiro atoms. The van der Waals surface area contributed by atoms with Crippen LogP contribution in [0.5, 0.6) is 0 Å². The number of rotatable bonds is 4. The Kier molecular flexibility index (Phi) is 4.84. The fourth-order valence-corrected chi connectivity index (χ4v) is 4.42. The van der Waals surface area contributed by atoms with E-state index in [1.807, 2.05) is 0 Å². The van der Waals surface area contributed by atoms with Gasteiger partial charge < -0.3 is 5.32 Å². The number of nitrogens with zero attached hydrogens (tertiary/aromatic N) is 4. The summed E-state index contributed by atoms with van der Waals surface area (Å²) in [4.78, 5) is 34.7. The summed E-state index contributed by atoms with van der Waals surface area (Å²) < 4.78 is 27.0. The number of amidine groups is 1. The Balaban J connectivity index is 1.50. The van der Waals surface area contributed by atoms with E-state index < -0.39 is 18.0 Å². The van der Waals surface area contributed by atoms with E-state index in [1.165, 1.54) is 12.2 Å². The van der Waals surface area contributed by atoms with Gasteiger partial charge in [-0.2, -0.15) is 5.10 Å².